The van der Waals surface area contributed by atoms with Crippen LogP contribution in [0.3, 0.4) is 0 Å². The minimum Gasteiger partial charge on any atom is -0.342 e. The lowest BCUT2D eigenvalue weighted by Gasteiger charge is -2.49. The molecule has 110 valence electrons. The summed E-state index contributed by atoms with van der Waals surface area (Å²) < 4.78 is 6.17. The molecule has 0 aromatic rings. The van der Waals surface area contributed by atoms with E-state index >= 15 is 0 Å². The van der Waals surface area contributed by atoms with Crippen LogP contribution in [-0.2, 0) is 9.53 Å². The molecule has 2 N–H and O–H groups in total. The van der Waals surface area contributed by atoms with Gasteiger partial charge in [-0.15, -0.1) is 0 Å². The van der Waals surface area contributed by atoms with Gasteiger partial charge in [-0.1, -0.05) is 13.3 Å². The Morgan fingerprint density at radius 3 is 2.32 bits per heavy atom. The third kappa shape index (κ3) is 3.11. The zero-order chi connectivity index (χ0) is 14.3. The van der Waals surface area contributed by atoms with E-state index in [1.54, 1.807) is 0 Å². The van der Waals surface area contributed by atoms with Gasteiger partial charge in [0.25, 0.3) is 5.91 Å². The zero-order valence-corrected chi connectivity index (χ0v) is 12.9. The second kappa shape index (κ2) is 4.74. The van der Waals surface area contributed by atoms with Gasteiger partial charge < -0.3 is 15.4 Å². The highest BCUT2D eigenvalue weighted by atomic mass is 16.5. The fraction of sp³-hybridized carbons (Fsp3) is 0.933. The van der Waals surface area contributed by atoms with Crippen molar-refractivity contribution in [1.82, 2.24) is 10.6 Å². The Balaban J connectivity index is 2.15. The summed E-state index contributed by atoms with van der Waals surface area (Å²) in [6, 6.07) is 0. The van der Waals surface area contributed by atoms with Crippen molar-refractivity contribution in [3.8, 4) is 0 Å². The van der Waals surface area contributed by atoms with Crippen molar-refractivity contribution < 1.29 is 9.53 Å². The lowest BCUT2D eigenvalue weighted by molar-refractivity contribution is -0.146. The van der Waals surface area contributed by atoms with Gasteiger partial charge in [0.1, 0.15) is 6.23 Å². The quantitative estimate of drug-likeness (QED) is 0.826. The number of hydrogen-bond donors (Lipinski definition) is 2. The average Bonchev–Trinajstić information content (AvgIpc) is 2.47. The average molecular weight is 268 g/mol. The fourth-order valence-electron chi connectivity index (χ4n) is 3.89. The maximum atomic E-state index is 12.4. The minimum atomic E-state index is -0.642. The van der Waals surface area contributed by atoms with E-state index in [0.29, 0.717) is 0 Å². The fourth-order valence-corrected chi connectivity index (χ4v) is 3.89. The molecule has 1 amide bonds. The van der Waals surface area contributed by atoms with Crippen LogP contribution in [-0.4, -0.2) is 28.8 Å². The summed E-state index contributed by atoms with van der Waals surface area (Å²) in [6.45, 7) is 10.7. The van der Waals surface area contributed by atoms with Gasteiger partial charge in [0, 0.05) is 23.9 Å². The second-order valence-corrected chi connectivity index (χ2v) is 7.46. The number of nitrogens with one attached hydrogen (secondary N) is 2. The molecule has 0 radical (unpaired) electrons. The summed E-state index contributed by atoms with van der Waals surface area (Å²) in [5.74, 6) is 0.0799. The predicted octanol–water partition coefficient (Wildman–Crippen LogP) is 2.33. The number of rotatable bonds is 3. The summed E-state index contributed by atoms with van der Waals surface area (Å²) in [6.07, 6.45) is 4.50. The molecular formula is C15H28N2O2. The Bertz CT molecular complexity index is 347. The molecule has 1 unspecified atom stereocenters. The Kier molecular flexibility index (Phi) is 3.69. The zero-order valence-electron chi connectivity index (χ0n) is 12.9. The second-order valence-electron chi connectivity index (χ2n) is 7.46. The smallest absolute Gasteiger partial charge is 0.254 e. The first-order valence-corrected chi connectivity index (χ1v) is 7.46. The molecule has 19 heavy (non-hydrogen) atoms. The lowest BCUT2D eigenvalue weighted by atomic mass is 9.72. The molecule has 0 bridgehead atoms. The molecule has 2 heterocycles. The van der Waals surface area contributed by atoms with Crippen molar-refractivity contribution in [2.75, 3.05) is 0 Å². The normalized spacial score (nSPS) is 31.4. The van der Waals surface area contributed by atoms with Crippen LogP contribution in [0.25, 0.3) is 0 Å². The number of ether oxygens (including phenoxy) is 1. The van der Waals surface area contributed by atoms with E-state index < -0.39 is 5.60 Å². The van der Waals surface area contributed by atoms with Gasteiger partial charge in [-0.3, -0.25) is 4.79 Å². The van der Waals surface area contributed by atoms with Crippen LogP contribution in [0.1, 0.15) is 66.7 Å². The summed E-state index contributed by atoms with van der Waals surface area (Å²) in [4.78, 5) is 12.4. The van der Waals surface area contributed by atoms with Crippen LogP contribution < -0.4 is 10.6 Å². The Morgan fingerprint density at radius 1 is 1.21 bits per heavy atom. The number of carbonyl (C=O) groups excluding carboxylic acids is 1. The van der Waals surface area contributed by atoms with Crippen molar-refractivity contribution in [3.63, 3.8) is 0 Å². The predicted molar refractivity (Wildman–Crippen MR) is 75.8 cm³/mol. The Labute approximate surface area is 116 Å². The molecule has 0 saturated carbocycles. The molecule has 2 aliphatic heterocycles. The van der Waals surface area contributed by atoms with Crippen molar-refractivity contribution in [2.45, 2.75) is 89.6 Å². The van der Waals surface area contributed by atoms with Crippen LogP contribution in [0.4, 0.5) is 0 Å². The van der Waals surface area contributed by atoms with Gasteiger partial charge in [0.05, 0.1) is 0 Å². The first kappa shape index (κ1) is 14.8. The molecular weight excluding hydrogens is 240 g/mol. The molecule has 0 aliphatic carbocycles. The van der Waals surface area contributed by atoms with Crippen molar-refractivity contribution in [3.05, 3.63) is 0 Å². The number of piperidine rings is 1. The molecule has 2 fully saturated rings. The van der Waals surface area contributed by atoms with E-state index in [9.17, 15) is 4.79 Å². The highest BCUT2D eigenvalue weighted by molar-refractivity contribution is 5.87. The summed E-state index contributed by atoms with van der Waals surface area (Å²) in [5, 5.41) is 6.64. The topological polar surface area (TPSA) is 50.4 Å². The van der Waals surface area contributed by atoms with Crippen LogP contribution >= 0.6 is 0 Å². The van der Waals surface area contributed by atoms with E-state index in [1.807, 2.05) is 0 Å². The molecule has 2 aliphatic rings. The van der Waals surface area contributed by atoms with Gasteiger partial charge >= 0.3 is 0 Å². The van der Waals surface area contributed by atoms with Crippen LogP contribution in [0.5, 0.6) is 0 Å². The summed E-state index contributed by atoms with van der Waals surface area (Å²) in [5.41, 5.74) is -0.811. The van der Waals surface area contributed by atoms with E-state index in [2.05, 4.69) is 45.3 Å². The molecule has 0 aromatic carbocycles. The van der Waals surface area contributed by atoms with Crippen LogP contribution in [0.2, 0.25) is 0 Å². The van der Waals surface area contributed by atoms with Gasteiger partial charge in [-0.2, -0.15) is 0 Å². The first-order valence-electron chi connectivity index (χ1n) is 7.46. The maximum absolute atomic E-state index is 12.4. The molecule has 1 atom stereocenters. The third-order valence-electron chi connectivity index (χ3n) is 4.03. The monoisotopic (exact) mass is 268 g/mol. The van der Waals surface area contributed by atoms with Crippen molar-refractivity contribution in [1.29, 1.82) is 0 Å². The van der Waals surface area contributed by atoms with Gasteiger partial charge in [-0.25, -0.2) is 0 Å². The first-order chi connectivity index (χ1) is 8.68. The van der Waals surface area contributed by atoms with Crippen molar-refractivity contribution in [2.24, 2.45) is 0 Å². The molecule has 4 nitrogen and oxygen atoms in total. The van der Waals surface area contributed by atoms with Crippen LogP contribution in [0, 0.1) is 0 Å². The van der Waals surface area contributed by atoms with Crippen molar-refractivity contribution >= 4 is 5.91 Å². The highest BCUT2D eigenvalue weighted by Gasteiger charge is 2.56. The Morgan fingerprint density at radius 2 is 1.79 bits per heavy atom. The SMILES string of the molecule is CCCCC1NC(=O)C2(CC(C)(C)NC(C)(C)C2)O1. The third-order valence-corrected chi connectivity index (χ3v) is 4.03. The minimum absolute atomic E-state index is 0.0799. The maximum Gasteiger partial charge on any atom is 0.254 e. The van der Waals surface area contributed by atoms with Gasteiger partial charge in [0.15, 0.2) is 5.60 Å². The molecule has 2 rings (SSSR count). The largest absolute Gasteiger partial charge is 0.342 e. The van der Waals surface area contributed by atoms with E-state index in [0.717, 1.165) is 32.1 Å². The van der Waals surface area contributed by atoms with Crippen LogP contribution in [0.15, 0.2) is 0 Å². The number of unbranched alkanes of at least 4 members (excludes halogenated alkanes) is 1. The standard InChI is InChI=1S/C15H28N2O2/c1-6-7-8-11-16-12(18)15(19-11)9-13(2,3)17-14(4,5)10-15/h11,17H,6-10H2,1-5H3,(H,16,18). The molecule has 0 aromatic heterocycles. The number of carbonyl (C=O) groups is 1. The van der Waals surface area contributed by atoms with E-state index in [1.165, 1.54) is 0 Å². The number of amides is 1. The molecule has 1 spiro atoms. The van der Waals surface area contributed by atoms with E-state index in [-0.39, 0.29) is 23.2 Å². The summed E-state index contributed by atoms with van der Waals surface area (Å²) >= 11 is 0. The molecule has 2 saturated heterocycles. The molecule has 4 heteroatoms. The van der Waals surface area contributed by atoms with E-state index in [4.69, 9.17) is 4.74 Å². The Hall–Kier alpha value is -0.610. The summed E-state index contributed by atoms with van der Waals surface area (Å²) in [7, 11) is 0. The highest BCUT2D eigenvalue weighted by Crippen LogP contribution is 2.41. The number of hydrogen-bond acceptors (Lipinski definition) is 3. The van der Waals surface area contributed by atoms with Gasteiger partial charge in [-0.05, 0) is 40.5 Å². The van der Waals surface area contributed by atoms with Gasteiger partial charge in [0.2, 0.25) is 0 Å². The lowest BCUT2D eigenvalue weighted by Crippen LogP contribution is -2.65.